The molecule has 4 nitrogen and oxygen atoms in total. The minimum atomic E-state index is -0.333. The van der Waals surface area contributed by atoms with Crippen LogP contribution in [-0.2, 0) is 16.0 Å². The molecule has 0 aromatic heterocycles. The molecule has 0 bridgehead atoms. The summed E-state index contributed by atoms with van der Waals surface area (Å²) in [5.41, 5.74) is 13.0. The summed E-state index contributed by atoms with van der Waals surface area (Å²) in [6.07, 6.45) is 1.59. The second kappa shape index (κ2) is 15.4. The van der Waals surface area contributed by atoms with Gasteiger partial charge in [-0.25, -0.2) is 4.79 Å². The molecule has 244 valence electrons. The zero-order valence-corrected chi connectivity index (χ0v) is 28.5. The van der Waals surface area contributed by atoms with Gasteiger partial charge >= 0.3 is 5.97 Å². The fourth-order valence-electron chi connectivity index (χ4n) is 5.84. The fraction of sp³-hybridized carbons (Fsp3) is 0.133. The summed E-state index contributed by atoms with van der Waals surface area (Å²) in [5.74, 6) is -0.333. The van der Waals surface area contributed by atoms with Crippen molar-refractivity contribution in [2.24, 2.45) is 0 Å². The first kappa shape index (κ1) is 33.0. The average Bonchev–Trinajstić information content (AvgIpc) is 3.13. The van der Waals surface area contributed by atoms with E-state index in [1.165, 1.54) is 16.7 Å². The van der Waals surface area contributed by atoms with Crippen LogP contribution in [0.5, 0.6) is 0 Å². The van der Waals surface area contributed by atoms with E-state index in [-0.39, 0.29) is 5.97 Å². The number of hydrogen-bond donors (Lipinski definition) is 0. The van der Waals surface area contributed by atoms with Crippen molar-refractivity contribution >= 4 is 40.1 Å². The Hall–Kier alpha value is -5.87. The lowest BCUT2D eigenvalue weighted by Gasteiger charge is -2.26. The van der Waals surface area contributed by atoms with Crippen LogP contribution in [0, 0.1) is 13.8 Å². The highest BCUT2D eigenvalue weighted by atomic mass is 16.5. The summed E-state index contributed by atoms with van der Waals surface area (Å²) in [6, 6.07) is 54.0. The highest BCUT2D eigenvalue weighted by molar-refractivity contribution is 5.87. The zero-order valence-electron chi connectivity index (χ0n) is 28.5. The molecule has 0 radical (unpaired) electrons. The van der Waals surface area contributed by atoms with E-state index in [1.54, 1.807) is 6.92 Å². The van der Waals surface area contributed by atoms with Gasteiger partial charge in [-0.2, -0.15) is 0 Å². The Bertz CT molecular complexity index is 1980. The molecular formula is C45H42N2O2. The van der Waals surface area contributed by atoms with Gasteiger partial charge in [0.05, 0.1) is 6.61 Å². The van der Waals surface area contributed by atoms with E-state index in [4.69, 9.17) is 4.74 Å². The number of aryl methyl sites for hydroxylation is 3. The van der Waals surface area contributed by atoms with Crippen molar-refractivity contribution in [2.75, 3.05) is 16.4 Å². The summed E-state index contributed by atoms with van der Waals surface area (Å²) in [4.78, 5) is 16.3. The molecule has 6 aromatic rings. The smallest absolute Gasteiger partial charge is 0.333 e. The number of anilines is 6. The van der Waals surface area contributed by atoms with Crippen LogP contribution in [0.25, 0.3) is 11.1 Å². The molecule has 6 rings (SSSR count). The summed E-state index contributed by atoms with van der Waals surface area (Å²) in [5, 5.41) is 0. The van der Waals surface area contributed by atoms with Gasteiger partial charge in [-0.1, -0.05) is 96.6 Å². The Morgan fingerprint density at radius 1 is 0.531 bits per heavy atom. The van der Waals surface area contributed by atoms with Gasteiger partial charge in [-0.15, -0.1) is 0 Å². The Kier molecular flexibility index (Phi) is 10.4. The average molecular weight is 643 g/mol. The molecule has 0 atom stereocenters. The lowest BCUT2D eigenvalue weighted by atomic mass is 10.0. The number of ether oxygens (including phenoxy) is 1. The Labute approximate surface area is 290 Å². The number of benzene rings is 6. The van der Waals surface area contributed by atoms with Crippen molar-refractivity contribution in [1.82, 2.24) is 0 Å². The maximum absolute atomic E-state index is 11.7. The monoisotopic (exact) mass is 642 g/mol. The third-order valence-electron chi connectivity index (χ3n) is 8.57. The van der Waals surface area contributed by atoms with Crippen molar-refractivity contribution in [1.29, 1.82) is 0 Å². The van der Waals surface area contributed by atoms with E-state index >= 15 is 0 Å². The molecule has 0 unspecified atom stereocenters. The highest BCUT2D eigenvalue weighted by Gasteiger charge is 2.15. The molecule has 4 heteroatoms. The molecule has 6 aromatic carbocycles. The van der Waals surface area contributed by atoms with E-state index in [1.807, 2.05) is 6.07 Å². The highest BCUT2D eigenvalue weighted by Crippen LogP contribution is 2.38. The Balaban J connectivity index is 1.22. The van der Waals surface area contributed by atoms with E-state index in [0.29, 0.717) is 12.2 Å². The van der Waals surface area contributed by atoms with Gasteiger partial charge in [-0.3, -0.25) is 0 Å². The minimum Gasteiger partial charge on any atom is -0.462 e. The summed E-state index contributed by atoms with van der Waals surface area (Å²) in [6.45, 7) is 9.91. The molecular weight excluding hydrogens is 601 g/mol. The van der Waals surface area contributed by atoms with Crippen molar-refractivity contribution < 1.29 is 9.53 Å². The van der Waals surface area contributed by atoms with Crippen LogP contribution in [-0.4, -0.2) is 12.6 Å². The molecule has 0 aliphatic carbocycles. The van der Waals surface area contributed by atoms with Crippen LogP contribution in [0.2, 0.25) is 0 Å². The minimum absolute atomic E-state index is 0.333. The standard InChI is InChI=1S/C45H42N2O2/c1-33(2)45(48)49-32-8-9-36-16-26-42(27-17-36)47(41-24-14-35(4)15-25-41)44-30-20-38(21-31-44)37-18-28-43(29-19-37)46(39-10-6-5-7-11-39)40-22-12-34(3)13-23-40/h5-7,10-31H,1,8-9,32H2,2-4H3. The second-order valence-corrected chi connectivity index (χ2v) is 12.5. The molecule has 0 aliphatic rings. The van der Waals surface area contributed by atoms with Gasteiger partial charge in [-0.05, 0) is 123 Å². The number of carbonyl (C=O) groups excluding carboxylic acids is 1. The third-order valence-corrected chi connectivity index (χ3v) is 8.57. The molecule has 0 heterocycles. The van der Waals surface area contributed by atoms with Crippen LogP contribution < -0.4 is 9.80 Å². The summed E-state index contributed by atoms with van der Waals surface area (Å²) >= 11 is 0. The van der Waals surface area contributed by atoms with Crippen molar-refractivity contribution in [2.45, 2.75) is 33.6 Å². The van der Waals surface area contributed by atoms with Crippen LogP contribution in [0.4, 0.5) is 34.1 Å². The zero-order chi connectivity index (χ0) is 34.2. The molecule has 0 fully saturated rings. The number of rotatable bonds is 12. The van der Waals surface area contributed by atoms with Crippen LogP contribution in [0.15, 0.2) is 164 Å². The van der Waals surface area contributed by atoms with Gasteiger partial charge in [0, 0.05) is 39.7 Å². The lowest BCUT2D eigenvalue weighted by Crippen LogP contribution is -2.10. The number of nitrogens with zero attached hydrogens (tertiary/aromatic N) is 2. The predicted octanol–water partition coefficient (Wildman–Crippen LogP) is 12.0. The van der Waals surface area contributed by atoms with Crippen molar-refractivity contribution in [3.63, 3.8) is 0 Å². The first-order valence-corrected chi connectivity index (χ1v) is 16.8. The number of carbonyl (C=O) groups is 1. The van der Waals surface area contributed by atoms with Gasteiger partial charge in [0.1, 0.15) is 0 Å². The Morgan fingerprint density at radius 3 is 1.31 bits per heavy atom. The molecule has 0 spiro atoms. The van der Waals surface area contributed by atoms with Gasteiger partial charge in [0.25, 0.3) is 0 Å². The summed E-state index contributed by atoms with van der Waals surface area (Å²) < 4.78 is 5.26. The predicted molar refractivity (Wildman–Crippen MR) is 205 cm³/mol. The maximum Gasteiger partial charge on any atom is 0.333 e. The topological polar surface area (TPSA) is 32.8 Å². The third kappa shape index (κ3) is 8.17. The first-order valence-electron chi connectivity index (χ1n) is 16.8. The van der Waals surface area contributed by atoms with Crippen molar-refractivity contribution in [3.05, 3.63) is 181 Å². The van der Waals surface area contributed by atoms with E-state index in [9.17, 15) is 4.79 Å². The van der Waals surface area contributed by atoms with Gasteiger partial charge in [0.2, 0.25) is 0 Å². The first-order chi connectivity index (χ1) is 23.9. The SMILES string of the molecule is C=C(C)C(=O)OCCCc1ccc(N(c2ccc(C)cc2)c2ccc(-c3ccc(N(c4ccccc4)c4ccc(C)cc4)cc3)cc2)cc1. The van der Waals surface area contributed by atoms with Gasteiger partial charge < -0.3 is 14.5 Å². The molecule has 0 saturated carbocycles. The summed E-state index contributed by atoms with van der Waals surface area (Å²) in [7, 11) is 0. The number of para-hydroxylation sites is 1. The van der Waals surface area contributed by atoms with Crippen LogP contribution >= 0.6 is 0 Å². The van der Waals surface area contributed by atoms with E-state index < -0.39 is 0 Å². The normalized spacial score (nSPS) is 10.8. The van der Waals surface area contributed by atoms with Gasteiger partial charge in [0.15, 0.2) is 0 Å². The Morgan fingerprint density at radius 2 is 0.898 bits per heavy atom. The molecule has 0 aliphatic heterocycles. The maximum atomic E-state index is 11.7. The van der Waals surface area contributed by atoms with E-state index in [0.717, 1.165) is 58.1 Å². The van der Waals surface area contributed by atoms with E-state index in [2.05, 4.69) is 176 Å². The second-order valence-electron chi connectivity index (χ2n) is 12.5. The van der Waals surface area contributed by atoms with Crippen molar-refractivity contribution in [3.8, 4) is 11.1 Å². The number of esters is 1. The molecule has 0 amide bonds. The van der Waals surface area contributed by atoms with Crippen LogP contribution in [0.3, 0.4) is 0 Å². The molecule has 0 saturated heterocycles. The fourth-order valence-corrected chi connectivity index (χ4v) is 5.84. The molecule has 0 N–H and O–H groups in total. The molecule has 49 heavy (non-hydrogen) atoms. The quantitative estimate of drug-likeness (QED) is 0.0755. The largest absolute Gasteiger partial charge is 0.462 e. The number of hydrogen-bond acceptors (Lipinski definition) is 4. The van der Waals surface area contributed by atoms with Crippen LogP contribution in [0.1, 0.15) is 30.0 Å². The lowest BCUT2D eigenvalue weighted by molar-refractivity contribution is -0.139.